The smallest absolute Gasteiger partial charge is 0.249 e. The van der Waals surface area contributed by atoms with E-state index in [1.807, 2.05) is 30.3 Å². The molecule has 0 bridgehead atoms. The maximum Gasteiger partial charge on any atom is 0.249 e. The molecule has 3 amide bonds. The van der Waals surface area contributed by atoms with Gasteiger partial charge in [0.25, 0.3) is 0 Å². The van der Waals surface area contributed by atoms with Gasteiger partial charge in [0.05, 0.1) is 6.42 Å². The zero-order chi connectivity index (χ0) is 26.7. The van der Waals surface area contributed by atoms with Crippen LogP contribution in [0.5, 0.6) is 0 Å². The average molecular weight is 510 g/mol. The first-order valence-electron chi connectivity index (χ1n) is 11.8. The molecule has 0 radical (unpaired) electrons. The molecule has 1 aliphatic heterocycles. The Morgan fingerprint density at radius 2 is 1.65 bits per heavy atom. The van der Waals surface area contributed by atoms with Gasteiger partial charge in [0, 0.05) is 24.7 Å². The summed E-state index contributed by atoms with van der Waals surface area (Å²) in [6, 6.07) is 14.2. The molecule has 4 rings (SSSR count). The van der Waals surface area contributed by atoms with Gasteiger partial charge in [0.1, 0.15) is 29.5 Å². The van der Waals surface area contributed by atoms with E-state index in [2.05, 4.69) is 10.6 Å². The van der Waals surface area contributed by atoms with Gasteiger partial charge in [-0.1, -0.05) is 36.4 Å². The lowest BCUT2D eigenvalue weighted by molar-refractivity contribution is -0.131. The minimum Gasteiger partial charge on any atom is -0.344 e. The van der Waals surface area contributed by atoms with Gasteiger partial charge in [-0.15, -0.1) is 0 Å². The molecule has 0 unspecified atom stereocenters. The van der Waals surface area contributed by atoms with Crippen LogP contribution < -0.4 is 15.5 Å². The fourth-order valence-corrected chi connectivity index (χ4v) is 4.58. The number of hydrogen-bond donors (Lipinski definition) is 2. The molecule has 6 nitrogen and oxygen atoms in total. The number of carbonyl (C=O) groups excluding carboxylic acids is 3. The van der Waals surface area contributed by atoms with Crippen molar-refractivity contribution in [3.8, 4) is 0 Å². The molecule has 1 heterocycles. The number of likely N-dealkylation sites (N-methyl/N-ethyl adjacent to an activating group) is 1. The van der Waals surface area contributed by atoms with Crippen LogP contribution >= 0.6 is 0 Å². The van der Waals surface area contributed by atoms with Crippen molar-refractivity contribution in [1.29, 1.82) is 0 Å². The number of fused-ring (bicyclic) bond motifs is 1. The molecule has 3 aromatic rings. The summed E-state index contributed by atoms with van der Waals surface area (Å²) in [7, 11) is 1.52. The van der Waals surface area contributed by atoms with Crippen LogP contribution in [0.2, 0.25) is 0 Å². The standard InChI is InChI=1S/C28H26F3N3O3/c1-16(32-25(35)12-17-10-21(30)14-22(31)11-17)27(36)33-26-23(18-6-4-3-5-7-18)13-19-8-9-20(29)15-24(19)34(2)28(26)37/h3-11,14-16,23,26H,12-13H2,1-2H3,(H,32,35)(H,33,36)/t16-,23+,26-/m0/s1. The minimum atomic E-state index is -1.04. The SMILES string of the molecule is C[C@H](NC(=O)Cc1cc(F)cc(F)c1)C(=O)N[C@@H]1C(=O)N(C)c2cc(F)ccc2C[C@@H]1c1ccccc1. The number of halogens is 3. The first kappa shape index (κ1) is 25.9. The molecular weight excluding hydrogens is 483 g/mol. The Hall–Kier alpha value is -4.14. The quantitative estimate of drug-likeness (QED) is 0.533. The van der Waals surface area contributed by atoms with Crippen LogP contribution in [0.15, 0.2) is 66.7 Å². The van der Waals surface area contributed by atoms with Crippen molar-refractivity contribution < 1.29 is 27.6 Å². The Labute approximate surface area is 212 Å². The van der Waals surface area contributed by atoms with E-state index < -0.39 is 53.2 Å². The fraction of sp³-hybridized carbons (Fsp3) is 0.250. The summed E-state index contributed by atoms with van der Waals surface area (Å²) in [5.41, 5.74) is 2.12. The second-order valence-corrected chi connectivity index (χ2v) is 9.12. The van der Waals surface area contributed by atoms with Crippen LogP contribution in [-0.4, -0.2) is 36.9 Å². The van der Waals surface area contributed by atoms with E-state index in [-0.39, 0.29) is 12.0 Å². The lowest BCUT2D eigenvalue weighted by Crippen LogP contribution is -2.55. The predicted octanol–water partition coefficient (Wildman–Crippen LogP) is 3.64. The van der Waals surface area contributed by atoms with Crippen LogP contribution in [0.3, 0.4) is 0 Å². The monoisotopic (exact) mass is 509 g/mol. The van der Waals surface area contributed by atoms with Crippen LogP contribution in [0.1, 0.15) is 29.5 Å². The maximum absolute atomic E-state index is 14.0. The van der Waals surface area contributed by atoms with Crippen molar-refractivity contribution in [2.24, 2.45) is 0 Å². The van der Waals surface area contributed by atoms with Gasteiger partial charge in [-0.05, 0) is 54.3 Å². The lowest BCUT2D eigenvalue weighted by atomic mass is 9.86. The van der Waals surface area contributed by atoms with Crippen LogP contribution in [-0.2, 0) is 27.2 Å². The molecule has 0 aliphatic carbocycles. The van der Waals surface area contributed by atoms with Gasteiger partial charge in [0.15, 0.2) is 0 Å². The molecule has 0 fully saturated rings. The Kier molecular flexibility index (Phi) is 7.61. The van der Waals surface area contributed by atoms with E-state index in [4.69, 9.17) is 0 Å². The summed E-state index contributed by atoms with van der Waals surface area (Å²) in [4.78, 5) is 40.4. The highest BCUT2D eigenvalue weighted by atomic mass is 19.1. The number of hydrogen-bond acceptors (Lipinski definition) is 3. The number of benzene rings is 3. The largest absolute Gasteiger partial charge is 0.344 e. The third-order valence-corrected chi connectivity index (χ3v) is 6.43. The van der Waals surface area contributed by atoms with Crippen LogP contribution in [0.4, 0.5) is 18.9 Å². The van der Waals surface area contributed by atoms with Gasteiger partial charge in [-0.2, -0.15) is 0 Å². The Morgan fingerprint density at radius 3 is 2.32 bits per heavy atom. The van der Waals surface area contributed by atoms with Crippen molar-refractivity contribution in [1.82, 2.24) is 10.6 Å². The molecular formula is C28H26F3N3O3. The van der Waals surface area contributed by atoms with Gasteiger partial charge in [-0.25, -0.2) is 13.2 Å². The van der Waals surface area contributed by atoms with E-state index in [1.165, 1.54) is 31.0 Å². The highest BCUT2D eigenvalue weighted by molar-refractivity contribution is 6.01. The molecule has 3 aromatic carbocycles. The van der Waals surface area contributed by atoms with Crippen molar-refractivity contribution in [2.75, 3.05) is 11.9 Å². The molecule has 2 N–H and O–H groups in total. The summed E-state index contributed by atoms with van der Waals surface area (Å²) in [6.45, 7) is 1.45. The summed E-state index contributed by atoms with van der Waals surface area (Å²) < 4.78 is 40.9. The van der Waals surface area contributed by atoms with Crippen molar-refractivity contribution in [3.05, 3.63) is 101 Å². The fourth-order valence-electron chi connectivity index (χ4n) is 4.58. The van der Waals surface area contributed by atoms with E-state index in [0.29, 0.717) is 18.2 Å². The van der Waals surface area contributed by atoms with Gasteiger partial charge in [0.2, 0.25) is 17.7 Å². The predicted molar refractivity (Wildman–Crippen MR) is 132 cm³/mol. The minimum absolute atomic E-state index is 0.123. The van der Waals surface area contributed by atoms with E-state index in [1.54, 1.807) is 6.07 Å². The molecule has 1 aliphatic rings. The topological polar surface area (TPSA) is 78.5 Å². The summed E-state index contributed by atoms with van der Waals surface area (Å²) >= 11 is 0. The highest BCUT2D eigenvalue weighted by Gasteiger charge is 2.38. The first-order valence-corrected chi connectivity index (χ1v) is 11.8. The molecule has 192 valence electrons. The number of carbonyl (C=O) groups is 3. The molecule has 0 spiro atoms. The van der Waals surface area contributed by atoms with Crippen LogP contribution in [0.25, 0.3) is 0 Å². The number of amides is 3. The van der Waals surface area contributed by atoms with Gasteiger partial charge < -0.3 is 15.5 Å². The number of rotatable bonds is 6. The Bertz CT molecular complexity index is 1310. The summed E-state index contributed by atoms with van der Waals surface area (Å²) in [5, 5.41) is 5.27. The zero-order valence-electron chi connectivity index (χ0n) is 20.3. The average Bonchev–Trinajstić information content (AvgIpc) is 2.94. The van der Waals surface area contributed by atoms with Crippen molar-refractivity contribution in [3.63, 3.8) is 0 Å². The zero-order valence-corrected chi connectivity index (χ0v) is 20.3. The third kappa shape index (κ3) is 5.99. The normalized spacial score (nSPS) is 18.0. The summed E-state index contributed by atoms with van der Waals surface area (Å²) in [6.07, 6.45) is 0.0391. The first-order chi connectivity index (χ1) is 17.6. The van der Waals surface area contributed by atoms with Gasteiger partial charge >= 0.3 is 0 Å². The number of nitrogens with zero attached hydrogens (tertiary/aromatic N) is 1. The molecule has 37 heavy (non-hydrogen) atoms. The van der Waals surface area contributed by atoms with E-state index in [9.17, 15) is 27.6 Å². The third-order valence-electron chi connectivity index (χ3n) is 6.43. The molecule has 0 aromatic heterocycles. The molecule has 3 atom stereocenters. The number of nitrogens with one attached hydrogen (secondary N) is 2. The Morgan fingerprint density at radius 1 is 0.973 bits per heavy atom. The van der Waals surface area contributed by atoms with E-state index in [0.717, 1.165) is 23.3 Å². The summed E-state index contributed by atoms with van der Waals surface area (Å²) in [5.74, 6) is -4.20. The molecule has 0 saturated heterocycles. The Balaban J connectivity index is 1.54. The highest BCUT2D eigenvalue weighted by Crippen LogP contribution is 2.34. The lowest BCUT2D eigenvalue weighted by Gasteiger charge is -2.28. The van der Waals surface area contributed by atoms with Gasteiger partial charge in [-0.3, -0.25) is 14.4 Å². The maximum atomic E-state index is 14.0. The second kappa shape index (κ2) is 10.9. The van der Waals surface area contributed by atoms with Crippen molar-refractivity contribution in [2.45, 2.75) is 37.8 Å². The number of anilines is 1. The second-order valence-electron chi connectivity index (χ2n) is 9.12. The molecule has 9 heteroatoms. The molecule has 0 saturated carbocycles. The van der Waals surface area contributed by atoms with E-state index >= 15 is 0 Å². The van der Waals surface area contributed by atoms with Crippen LogP contribution in [0, 0.1) is 17.5 Å². The van der Waals surface area contributed by atoms with Crippen molar-refractivity contribution >= 4 is 23.4 Å².